The molecule has 2 nitrogen and oxygen atoms in total. The third kappa shape index (κ3) is 3.54. The molecule has 1 aliphatic rings. The van der Waals surface area contributed by atoms with Crippen molar-refractivity contribution in [2.75, 3.05) is 26.2 Å². The van der Waals surface area contributed by atoms with Crippen LogP contribution in [0.1, 0.15) is 28.7 Å². The van der Waals surface area contributed by atoms with Gasteiger partial charge in [0.25, 0.3) is 0 Å². The Morgan fingerprint density at radius 2 is 2.29 bits per heavy atom. The minimum atomic E-state index is 0.858. The van der Waals surface area contributed by atoms with Gasteiger partial charge in [0.15, 0.2) is 0 Å². The summed E-state index contributed by atoms with van der Waals surface area (Å²) in [6.07, 6.45) is 1.36. The van der Waals surface area contributed by atoms with Crippen molar-refractivity contribution in [3.63, 3.8) is 0 Å². The number of rotatable bonds is 5. The van der Waals surface area contributed by atoms with E-state index >= 15 is 0 Å². The third-order valence-corrected chi connectivity index (χ3v) is 4.79. The molecule has 0 bridgehead atoms. The number of nitrogens with one attached hydrogen (secondary N) is 1. The average Bonchev–Trinajstić information content (AvgIpc) is 2.85. The molecule has 3 heteroatoms. The number of likely N-dealkylation sites (tertiary alicyclic amines) is 1. The predicted octanol–water partition coefficient (Wildman–Crippen LogP) is 2.80. The molecule has 17 heavy (non-hydrogen) atoms. The molecule has 0 saturated carbocycles. The maximum Gasteiger partial charge on any atom is 0.0328 e. The second-order valence-corrected chi connectivity index (χ2v) is 6.49. The number of thiophene rings is 1. The number of hydrogen-bond acceptors (Lipinski definition) is 3. The van der Waals surface area contributed by atoms with Gasteiger partial charge in [-0.05, 0) is 57.5 Å². The molecule has 0 radical (unpaired) electrons. The molecule has 1 N–H and O–H groups in total. The van der Waals surface area contributed by atoms with Crippen LogP contribution in [0.2, 0.25) is 0 Å². The minimum absolute atomic E-state index is 0.858. The van der Waals surface area contributed by atoms with Gasteiger partial charge in [0.05, 0.1) is 0 Å². The summed E-state index contributed by atoms with van der Waals surface area (Å²) in [5, 5.41) is 3.46. The average molecular weight is 252 g/mol. The second-order valence-electron chi connectivity index (χ2n) is 5.15. The molecule has 1 saturated heterocycles. The van der Waals surface area contributed by atoms with E-state index in [9.17, 15) is 0 Å². The topological polar surface area (TPSA) is 15.3 Å². The summed E-state index contributed by atoms with van der Waals surface area (Å²) in [7, 11) is 0. The number of aryl methyl sites for hydroxylation is 2. The lowest BCUT2D eigenvalue weighted by molar-refractivity contribution is 0.317. The zero-order valence-electron chi connectivity index (χ0n) is 11.3. The Hall–Kier alpha value is -0.380. The molecule has 1 aromatic rings. The molecule has 2 rings (SSSR count). The van der Waals surface area contributed by atoms with Gasteiger partial charge in [-0.2, -0.15) is 0 Å². The van der Waals surface area contributed by atoms with Gasteiger partial charge in [-0.25, -0.2) is 0 Å². The van der Waals surface area contributed by atoms with Crippen LogP contribution in [0.5, 0.6) is 0 Å². The van der Waals surface area contributed by atoms with Crippen LogP contribution >= 0.6 is 11.3 Å². The molecule has 1 aromatic heterocycles. The van der Waals surface area contributed by atoms with Gasteiger partial charge in [-0.15, -0.1) is 11.3 Å². The first-order chi connectivity index (χ1) is 8.19. The van der Waals surface area contributed by atoms with Crippen molar-refractivity contribution < 1.29 is 0 Å². The van der Waals surface area contributed by atoms with Crippen LogP contribution in [0.3, 0.4) is 0 Å². The fourth-order valence-corrected chi connectivity index (χ4v) is 3.62. The van der Waals surface area contributed by atoms with E-state index in [2.05, 4.69) is 37.1 Å². The molecule has 1 aliphatic heterocycles. The van der Waals surface area contributed by atoms with E-state index in [0.717, 1.165) is 19.0 Å². The summed E-state index contributed by atoms with van der Waals surface area (Å²) in [6, 6.07) is 2.36. The monoisotopic (exact) mass is 252 g/mol. The van der Waals surface area contributed by atoms with Gasteiger partial charge >= 0.3 is 0 Å². The molecule has 0 aromatic carbocycles. The first kappa shape index (κ1) is 13.1. The SMILES string of the molecule is CCNCC1CCN(Cc2cc(C)c(C)s2)C1. The van der Waals surface area contributed by atoms with Crippen LogP contribution in [-0.4, -0.2) is 31.1 Å². The summed E-state index contributed by atoms with van der Waals surface area (Å²) in [6.45, 7) is 12.6. The Balaban J connectivity index is 1.81. The van der Waals surface area contributed by atoms with Gasteiger partial charge in [-0.1, -0.05) is 6.92 Å². The molecular weight excluding hydrogens is 228 g/mol. The molecule has 0 aliphatic carbocycles. The molecule has 1 unspecified atom stereocenters. The Morgan fingerprint density at radius 3 is 2.94 bits per heavy atom. The smallest absolute Gasteiger partial charge is 0.0328 e. The third-order valence-electron chi connectivity index (χ3n) is 3.65. The molecule has 0 spiro atoms. The Morgan fingerprint density at radius 1 is 1.47 bits per heavy atom. The van der Waals surface area contributed by atoms with Crippen molar-refractivity contribution in [1.29, 1.82) is 0 Å². The van der Waals surface area contributed by atoms with Gasteiger partial charge in [0.2, 0.25) is 0 Å². The van der Waals surface area contributed by atoms with Crippen LogP contribution in [-0.2, 0) is 6.54 Å². The van der Waals surface area contributed by atoms with Gasteiger partial charge in [0, 0.05) is 22.8 Å². The lowest BCUT2D eigenvalue weighted by Crippen LogP contribution is -2.26. The molecule has 1 atom stereocenters. The molecule has 96 valence electrons. The summed E-state index contributed by atoms with van der Waals surface area (Å²) in [5.41, 5.74) is 1.45. The lowest BCUT2D eigenvalue weighted by atomic mass is 10.1. The van der Waals surface area contributed by atoms with Crippen molar-refractivity contribution in [3.05, 3.63) is 21.4 Å². The zero-order valence-corrected chi connectivity index (χ0v) is 12.1. The predicted molar refractivity (Wildman–Crippen MR) is 75.7 cm³/mol. The molecular formula is C14H24N2S. The highest BCUT2D eigenvalue weighted by molar-refractivity contribution is 7.12. The largest absolute Gasteiger partial charge is 0.317 e. The van der Waals surface area contributed by atoms with Crippen molar-refractivity contribution in [2.45, 2.75) is 33.7 Å². The normalized spacial score (nSPS) is 21.2. The summed E-state index contributed by atoms with van der Waals surface area (Å²) < 4.78 is 0. The Labute approximate surface area is 109 Å². The van der Waals surface area contributed by atoms with Crippen LogP contribution in [0.4, 0.5) is 0 Å². The van der Waals surface area contributed by atoms with Crippen LogP contribution in [0.25, 0.3) is 0 Å². The van der Waals surface area contributed by atoms with E-state index in [0.29, 0.717) is 0 Å². The maximum atomic E-state index is 3.46. The van der Waals surface area contributed by atoms with Crippen molar-refractivity contribution >= 4 is 11.3 Å². The minimum Gasteiger partial charge on any atom is -0.317 e. The van der Waals surface area contributed by atoms with Crippen molar-refractivity contribution in [2.24, 2.45) is 5.92 Å². The summed E-state index contributed by atoms with van der Waals surface area (Å²) in [4.78, 5) is 5.61. The van der Waals surface area contributed by atoms with Gasteiger partial charge in [0.1, 0.15) is 0 Å². The molecule has 2 heterocycles. The highest BCUT2D eigenvalue weighted by atomic mass is 32.1. The van der Waals surface area contributed by atoms with Crippen molar-refractivity contribution in [3.8, 4) is 0 Å². The standard InChI is InChI=1S/C14H24N2S/c1-4-15-8-13-5-6-16(9-13)10-14-7-11(2)12(3)17-14/h7,13,15H,4-6,8-10H2,1-3H3. The van der Waals surface area contributed by atoms with E-state index in [4.69, 9.17) is 0 Å². The highest BCUT2D eigenvalue weighted by Gasteiger charge is 2.22. The van der Waals surface area contributed by atoms with E-state index in [1.807, 2.05) is 11.3 Å². The van der Waals surface area contributed by atoms with E-state index in [-0.39, 0.29) is 0 Å². The number of hydrogen-bond donors (Lipinski definition) is 1. The second kappa shape index (κ2) is 5.98. The lowest BCUT2D eigenvalue weighted by Gasteiger charge is -2.15. The van der Waals surface area contributed by atoms with Crippen molar-refractivity contribution in [1.82, 2.24) is 10.2 Å². The first-order valence-corrected chi connectivity index (χ1v) is 7.49. The van der Waals surface area contributed by atoms with E-state index in [1.54, 1.807) is 0 Å². The van der Waals surface area contributed by atoms with E-state index < -0.39 is 0 Å². The first-order valence-electron chi connectivity index (χ1n) is 6.68. The van der Waals surface area contributed by atoms with Gasteiger partial charge in [-0.3, -0.25) is 4.90 Å². The molecule has 1 fully saturated rings. The number of nitrogens with zero attached hydrogens (tertiary/aromatic N) is 1. The highest BCUT2D eigenvalue weighted by Crippen LogP contribution is 2.24. The van der Waals surface area contributed by atoms with Crippen LogP contribution in [0, 0.1) is 19.8 Å². The van der Waals surface area contributed by atoms with Crippen LogP contribution < -0.4 is 5.32 Å². The zero-order chi connectivity index (χ0) is 12.3. The maximum absolute atomic E-state index is 3.46. The Bertz CT molecular complexity index is 340. The quantitative estimate of drug-likeness (QED) is 0.867. The fourth-order valence-electron chi connectivity index (χ4n) is 2.52. The summed E-state index contributed by atoms with van der Waals surface area (Å²) >= 11 is 1.96. The van der Waals surface area contributed by atoms with E-state index in [1.165, 1.54) is 41.4 Å². The molecule has 0 amide bonds. The van der Waals surface area contributed by atoms with Gasteiger partial charge < -0.3 is 5.32 Å². The van der Waals surface area contributed by atoms with Crippen LogP contribution in [0.15, 0.2) is 6.07 Å². The fraction of sp³-hybridized carbons (Fsp3) is 0.714. The Kier molecular flexibility index (Phi) is 4.60. The summed E-state index contributed by atoms with van der Waals surface area (Å²) in [5.74, 6) is 0.858.